The van der Waals surface area contributed by atoms with Gasteiger partial charge in [-0.25, -0.2) is 0 Å². The van der Waals surface area contributed by atoms with Crippen molar-refractivity contribution in [2.45, 2.75) is 25.2 Å². The maximum atomic E-state index is 12.9. The molecule has 0 N–H and O–H groups in total. The van der Waals surface area contributed by atoms with Gasteiger partial charge in [-0.15, -0.1) is 11.3 Å². The summed E-state index contributed by atoms with van der Waals surface area (Å²) in [6.45, 7) is 4.34. The number of carbonyl (C=O) groups excluding carboxylic acids is 1. The van der Waals surface area contributed by atoms with Gasteiger partial charge in [-0.1, -0.05) is 40.5 Å². The molecule has 6 nitrogen and oxygen atoms in total. The maximum absolute atomic E-state index is 12.9. The Balaban J connectivity index is 1.04. The second-order valence-electron chi connectivity index (χ2n) is 8.38. The molecule has 9 heteroatoms. The van der Waals surface area contributed by atoms with Gasteiger partial charge in [0.25, 0.3) is 0 Å². The monoisotopic (exact) mass is 490 g/mol. The van der Waals surface area contributed by atoms with E-state index in [9.17, 15) is 4.79 Å². The SMILES string of the molecule is O=C([C@H]1C[C@@H]1c1ccc(Cl)c(Cl)c1)N1CCN(CCCc2nc(-c3cccs3)no2)CC1. The summed E-state index contributed by atoms with van der Waals surface area (Å²) in [5.74, 6) is 1.97. The molecule has 32 heavy (non-hydrogen) atoms. The average molecular weight is 491 g/mol. The summed E-state index contributed by atoms with van der Waals surface area (Å²) in [6, 6.07) is 9.67. The Labute approximate surface area is 201 Å². The molecule has 0 spiro atoms. The quantitative estimate of drug-likeness (QED) is 0.466. The molecular formula is C23H24Cl2N4O2S. The highest BCUT2D eigenvalue weighted by Gasteiger charge is 2.46. The van der Waals surface area contributed by atoms with Crippen molar-refractivity contribution in [3.8, 4) is 10.7 Å². The Bertz CT molecular complexity index is 1080. The second-order valence-corrected chi connectivity index (χ2v) is 10.1. The summed E-state index contributed by atoms with van der Waals surface area (Å²) in [4.78, 5) is 22.9. The van der Waals surface area contributed by atoms with Gasteiger partial charge in [-0.2, -0.15) is 4.98 Å². The smallest absolute Gasteiger partial charge is 0.227 e. The van der Waals surface area contributed by atoms with Crippen LogP contribution in [0, 0.1) is 5.92 Å². The number of benzene rings is 1. The molecule has 168 valence electrons. The van der Waals surface area contributed by atoms with Crippen LogP contribution in [0.3, 0.4) is 0 Å². The molecule has 2 aliphatic rings. The first-order valence-electron chi connectivity index (χ1n) is 10.9. The number of hydrogen-bond donors (Lipinski definition) is 0. The molecule has 1 saturated heterocycles. The maximum Gasteiger partial charge on any atom is 0.227 e. The molecule has 3 aromatic rings. The molecule has 2 atom stereocenters. The first-order valence-corrected chi connectivity index (χ1v) is 12.5. The molecule has 0 radical (unpaired) electrons. The van der Waals surface area contributed by atoms with Crippen molar-refractivity contribution >= 4 is 40.4 Å². The third kappa shape index (κ3) is 4.86. The Kier molecular flexibility index (Phi) is 6.51. The van der Waals surface area contributed by atoms with Gasteiger partial charge < -0.3 is 9.42 Å². The van der Waals surface area contributed by atoms with Gasteiger partial charge in [-0.3, -0.25) is 9.69 Å². The summed E-state index contributed by atoms with van der Waals surface area (Å²) in [6.07, 6.45) is 2.63. The Morgan fingerprint density at radius 2 is 2.00 bits per heavy atom. The fourth-order valence-corrected chi connectivity index (χ4v) is 5.28. The highest BCUT2D eigenvalue weighted by atomic mass is 35.5. The molecule has 2 aromatic heterocycles. The number of aromatic nitrogens is 2. The van der Waals surface area contributed by atoms with Crippen molar-refractivity contribution in [1.29, 1.82) is 0 Å². The van der Waals surface area contributed by atoms with Crippen LogP contribution in [0.5, 0.6) is 0 Å². The van der Waals surface area contributed by atoms with Crippen LogP contribution in [0.15, 0.2) is 40.2 Å². The van der Waals surface area contributed by atoms with Crippen molar-refractivity contribution in [3.05, 3.63) is 57.2 Å². The normalized spacial score (nSPS) is 21.1. The summed E-state index contributed by atoms with van der Waals surface area (Å²) < 4.78 is 5.38. The van der Waals surface area contributed by atoms with Crippen LogP contribution in [0.4, 0.5) is 0 Å². The van der Waals surface area contributed by atoms with E-state index >= 15 is 0 Å². The largest absolute Gasteiger partial charge is 0.340 e. The van der Waals surface area contributed by atoms with Crippen molar-refractivity contribution in [1.82, 2.24) is 19.9 Å². The van der Waals surface area contributed by atoms with E-state index < -0.39 is 0 Å². The van der Waals surface area contributed by atoms with Crippen LogP contribution >= 0.6 is 34.5 Å². The zero-order valence-electron chi connectivity index (χ0n) is 17.5. The van der Waals surface area contributed by atoms with Gasteiger partial charge in [0.2, 0.25) is 17.6 Å². The lowest BCUT2D eigenvalue weighted by atomic mass is 10.1. The van der Waals surface area contributed by atoms with Crippen LogP contribution < -0.4 is 0 Å². The predicted octanol–water partition coefficient (Wildman–Crippen LogP) is 4.99. The van der Waals surface area contributed by atoms with Gasteiger partial charge in [0.05, 0.1) is 14.9 Å². The highest BCUT2D eigenvalue weighted by molar-refractivity contribution is 7.13. The number of nitrogens with zero attached hydrogens (tertiary/aromatic N) is 4. The fraction of sp³-hybridized carbons (Fsp3) is 0.435. The standard InChI is InChI=1S/C23H24Cl2N4O2S/c24-18-6-5-15(13-19(18)25)16-14-17(16)23(30)29-10-8-28(9-11-29)7-1-4-21-26-22(27-31-21)20-3-2-12-32-20/h2-3,5-6,12-13,16-17H,1,4,7-11,14H2/t16-,17+/m1/s1. The van der Waals surface area contributed by atoms with Crippen molar-refractivity contribution in [2.24, 2.45) is 5.92 Å². The van der Waals surface area contributed by atoms with E-state index in [1.54, 1.807) is 11.3 Å². The zero-order valence-corrected chi connectivity index (χ0v) is 19.9. The summed E-state index contributed by atoms with van der Waals surface area (Å²) >= 11 is 13.8. The van der Waals surface area contributed by atoms with E-state index in [2.05, 4.69) is 15.0 Å². The number of halogens is 2. The molecule has 1 saturated carbocycles. The Hall–Kier alpha value is -1.93. The minimum Gasteiger partial charge on any atom is -0.340 e. The van der Waals surface area contributed by atoms with Crippen molar-refractivity contribution in [3.63, 3.8) is 0 Å². The van der Waals surface area contributed by atoms with E-state index in [0.717, 1.165) is 62.4 Å². The van der Waals surface area contributed by atoms with Gasteiger partial charge >= 0.3 is 0 Å². The highest BCUT2D eigenvalue weighted by Crippen LogP contribution is 2.49. The molecule has 2 fully saturated rings. The molecule has 5 rings (SSSR count). The van der Waals surface area contributed by atoms with Gasteiger partial charge in [0.15, 0.2) is 0 Å². The van der Waals surface area contributed by atoms with E-state index in [-0.39, 0.29) is 17.7 Å². The minimum atomic E-state index is 0.0776. The lowest BCUT2D eigenvalue weighted by Crippen LogP contribution is -2.49. The van der Waals surface area contributed by atoms with Crippen LogP contribution in [0.25, 0.3) is 10.7 Å². The second kappa shape index (κ2) is 9.51. The number of aryl methyl sites for hydroxylation is 1. The molecule has 1 amide bonds. The van der Waals surface area contributed by atoms with E-state index in [1.165, 1.54) is 0 Å². The third-order valence-electron chi connectivity index (χ3n) is 6.24. The van der Waals surface area contributed by atoms with Crippen LogP contribution in [0.2, 0.25) is 10.0 Å². The Morgan fingerprint density at radius 1 is 1.16 bits per heavy atom. The first kappa shape index (κ1) is 21.9. The van der Waals surface area contributed by atoms with E-state index in [1.807, 2.05) is 40.6 Å². The third-order valence-corrected chi connectivity index (χ3v) is 7.84. The minimum absolute atomic E-state index is 0.0776. The van der Waals surface area contributed by atoms with E-state index in [4.69, 9.17) is 27.7 Å². The molecule has 0 unspecified atom stereocenters. The Morgan fingerprint density at radius 3 is 2.75 bits per heavy atom. The van der Waals surface area contributed by atoms with Crippen LogP contribution in [-0.4, -0.2) is 58.6 Å². The summed E-state index contributed by atoms with van der Waals surface area (Å²) in [5, 5.41) is 7.18. The number of thiophene rings is 1. The number of carbonyl (C=O) groups is 1. The van der Waals surface area contributed by atoms with Crippen molar-refractivity contribution < 1.29 is 9.32 Å². The lowest BCUT2D eigenvalue weighted by Gasteiger charge is -2.35. The zero-order chi connectivity index (χ0) is 22.1. The molecule has 3 heterocycles. The number of amides is 1. The molecule has 1 aliphatic heterocycles. The van der Waals surface area contributed by atoms with Crippen LogP contribution in [-0.2, 0) is 11.2 Å². The number of piperazine rings is 1. The first-order chi connectivity index (χ1) is 15.6. The predicted molar refractivity (Wildman–Crippen MR) is 126 cm³/mol. The molecule has 0 bridgehead atoms. The van der Waals surface area contributed by atoms with Gasteiger partial charge in [-0.05, 0) is 54.4 Å². The fourth-order valence-electron chi connectivity index (χ4n) is 4.32. The van der Waals surface area contributed by atoms with Gasteiger partial charge in [0, 0.05) is 38.5 Å². The van der Waals surface area contributed by atoms with Gasteiger partial charge in [0.1, 0.15) is 0 Å². The summed E-state index contributed by atoms with van der Waals surface area (Å²) in [5.41, 5.74) is 1.11. The van der Waals surface area contributed by atoms with Crippen LogP contribution in [0.1, 0.15) is 30.2 Å². The number of rotatable bonds is 7. The molecule has 1 aliphatic carbocycles. The summed E-state index contributed by atoms with van der Waals surface area (Å²) in [7, 11) is 0. The topological polar surface area (TPSA) is 62.5 Å². The van der Waals surface area contributed by atoms with Crippen molar-refractivity contribution in [2.75, 3.05) is 32.7 Å². The number of hydrogen-bond acceptors (Lipinski definition) is 6. The lowest BCUT2D eigenvalue weighted by molar-refractivity contribution is -0.134. The average Bonchev–Trinajstić information content (AvgIpc) is 3.18. The molecule has 1 aromatic carbocycles. The molecular weight excluding hydrogens is 467 g/mol. The van der Waals surface area contributed by atoms with E-state index in [0.29, 0.717) is 21.8 Å².